The molecule has 1 rings (SSSR count). The highest BCUT2D eigenvalue weighted by atomic mass is 32.1. The summed E-state index contributed by atoms with van der Waals surface area (Å²) in [6.07, 6.45) is 1.00. The van der Waals surface area contributed by atoms with Crippen molar-refractivity contribution in [1.82, 2.24) is 9.80 Å². The lowest BCUT2D eigenvalue weighted by Gasteiger charge is -2.20. The third-order valence-electron chi connectivity index (χ3n) is 2.41. The van der Waals surface area contributed by atoms with Crippen LogP contribution in [-0.4, -0.2) is 53.4 Å². The van der Waals surface area contributed by atoms with Gasteiger partial charge in [-0.1, -0.05) is 12.2 Å². The maximum absolute atomic E-state index is 11.1. The van der Waals surface area contributed by atoms with Gasteiger partial charge in [-0.05, 0) is 6.42 Å². The van der Waals surface area contributed by atoms with E-state index >= 15 is 0 Å². The molecule has 0 radical (unpaired) electrons. The van der Waals surface area contributed by atoms with E-state index in [2.05, 4.69) is 4.90 Å². The van der Waals surface area contributed by atoms with E-state index in [4.69, 9.17) is 18.0 Å². The Morgan fingerprint density at radius 2 is 2.07 bits per heavy atom. The van der Waals surface area contributed by atoms with Crippen LogP contribution in [0.15, 0.2) is 0 Å². The van der Waals surface area contributed by atoms with Crippen LogP contribution in [0.5, 0.6) is 0 Å². The minimum atomic E-state index is 0.155. The van der Waals surface area contributed by atoms with Crippen LogP contribution < -0.4 is 5.73 Å². The molecule has 0 unspecified atom stereocenters. The fraction of sp³-hybridized carbons (Fsp3) is 0.778. The summed E-state index contributed by atoms with van der Waals surface area (Å²) in [4.78, 5) is 15.7. The Balaban J connectivity index is 2.40. The molecule has 0 aromatic rings. The largest absolute Gasteiger partial charge is 0.392 e. The van der Waals surface area contributed by atoms with Gasteiger partial charge >= 0.3 is 0 Å². The first-order chi connectivity index (χ1) is 6.59. The second kappa shape index (κ2) is 5.26. The Morgan fingerprint density at radius 1 is 1.36 bits per heavy atom. The van der Waals surface area contributed by atoms with Crippen molar-refractivity contribution < 1.29 is 4.79 Å². The lowest BCUT2D eigenvalue weighted by molar-refractivity contribution is -0.128. The zero-order valence-electron chi connectivity index (χ0n) is 8.53. The minimum absolute atomic E-state index is 0.155. The first-order valence-corrected chi connectivity index (χ1v) is 5.26. The third kappa shape index (κ3) is 3.59. The zero-order chi connectivity index (χ0) is 10.6. The number of carbonyl (C=O) groups is 1. The molecule has 0 aromatic carbocycles. The smallest absolute Gasteiger partial charge is 0.219 e. The van der Waals surface area contributed by atoms with Crippen molar-refractivity contribution in [3.05, 3.63) is 0 Å². The van der Waals surface area contributed by atoms with Gasteiger partial charge in [-0.25, -0.2) is 0 Å². The summed E-state index contributed by atoms with van der Waals surface area (Å²) < 4.78 is 0. The molecule has 1 fully saturated rings. The van der Waals surface area contributed by atoms with Crippen molar-refractivity contribution in [2.45, 2.75) is 13.3 Å². The lowest BCUT2D eigenvalue weighted by Crippen LogP contribution is -2.37. The second-order valence-corrected chi connectivity index (χ2v) is 4.13. The Hall–Kier alpha value is -0.680. The average Bonchev–Trinajstić information content (AvgIpc) is 2.28. The van der Waals surface area contributed by atoms with Crippen LogP contribution in [0.3, 0.4) is 0 Å². The molecular formula is C9H17N3OS. The molecule has 0 atom stereocenters. The summed E-state index contributed by atoms with van der Waals surface area (Å²) in [6, 6.07) is 0. The second-order valence-electron chi connectivity index (χ2n) is 3.60. The molecule has 0 saturated carbocycles. The molecule has 0 aliphatic carbocycles. The third-order valence-corrected chi connectivity index (χ3v) is 2.54. The summed E-state index contributed by atoms with van der Waals surface area (Å²) in [7, 11) is 0. The Bertz CT molecular complexity index is 232. The highest BCUT2D eigenvalue weighted by molar-refractivity contribution is 7.80. The molecular weight excluding hydrogens is 198 g/mol. The molecule has 2 N–H and O–H groups in total. The van der Waals surface area contributed by atoms with Gasteiger partial charge in [0.05, 0.1) is 4.99 Å². The van der Waals surface area contributed by atoms with Gasteiger partial charge in [-0.15, -0.1) is 0 Å². The van der Waals surface area contributed by atoms with Crippen LogP contribution >= 0.6 is 12.2 Å². The van der Waals surface area contributed by atoms with Gasteiger partial charge < -0.3 is 10.6 Å². The van der Waals surface area contributed by atoms with E-state index in [1.54, 1.807) is 6.92 Å². The number of thiocarbonyl (C=S) groups is 1. The number of hydrogen-bond donors (Lipinski definition) is 1. The minimum Gasteiger partial charge on any atom is -0.392 e. The first-order valence-electron chi connectivity index (χ1n) is 4.86. The predicted molar refractivity (Wildman–Crippen MR) is 60.1 cm³/mol. The van der Waals surface area contributed by atoms with Crippen molar-refractivity contribution in [2.24, 2.45) is 5.73 Å². The Morgan fingerprint density at radius 3 is 2.64 bits per heavy atom. The molecule has 0 spiro atoms. The molecule has 1 aliphatic heterocycles. The van der Waals surface area contributed by atoms with Crippen LogP contribution in [0.4, 0.5) is 0 Å². The quantitative estimate of drug-likeness (QED) is 0.650. The highest BCUT2D eigenvalue weighted by Crippen LogP contribution is 2.02. The molecule has 0 aromatic heterocycles. The lowest BCUT2D eigenvalue weighted by atomic mass is 10.4. The monoisotopic (exact) mass is 215 g/mol. The molecule has 4 nitrogen and oxygen atoms in total. The van der Waals surface area contributed by atoms with E-state index in [9.17, 15) is 4.79 Å². The fourth-order valence-corrected chi connectivity index (χ4v) is 1.85. The van der Waals surface area contributed by atoms with Crippen LogP contribution in [0.25, 0.3) is 0 Å². The van der Waals surface area contributed by atoms with Gasteiger partial charge in [0.2, 0.25) is 5.91 Å². The van der Waals surface area contributed by atoms with E-state index < -0.39 is 0 Å². The van der Waals surface area contributed by atoms with Gasteiger partial charge in [0.15, 0.2) is 0 Å². The number of carbonyl (C=O) groups excluding carboxylic acids is 1. The Kier molecular flexibility index (Phi) is 4.28. The maximum atomic E-state index is 11.1. The summed E-state index contributed by atoms with van der Waals surface area (Å²) in [5, 5.41) is 0. The molecule has 0 bridgehead atoms. The van der Waals surface area contributed by atoms with Crippen molar-refractivity contribution in [2.75, 3.05) is 32.7 Å². The van der Waals surface area contributed by atoms with E-state index in [1.165, 1.54) is 0 Å². The van der Waals surface area contributed by atoms with Crippen LogP contribution in [0, 0.1) is 0 Å². The zero-order valence-corrected chi connectivity index (χ0v) is 9.35. The highest BCUT2D eigenvalue weighted by Gasteiger charge is 2.16. The fourth-order valence-electron chi connectivity index (χ4n) is 1.66. The van der Waals surface area contributed by atoms with E-state index in [1.807, 2.05) is 4.90 Å². The predicted octanol–water partition coefficient (Wildman–Crippen LogP) is -0.173. The number of hydrogen-bond acceptors (Lipinski definition) is 3. The van der Waals surface area contributed by atoms with Crippen LogP contribution in [-0.2, 0) is 4.79 Å². The summed E-state index contributed by atoms with van der Waals surface area (Å²) in [6.45, 7) is 5.77. The molecule has 1 heterocycles. The summed E-state index contributed by atoms with van der Waals surface area (Å²) in [5.74, 6) is 0.155. The van der Waals surface area contributed by atoms with Crippen molar-refractivity contribution in [3.8, 4) is 0 Å². The summed E-state index contributed by atoms with van der Waals surface area (Å²) in [5.41, 5.74) is 5.48. The SMILES string of the molecule is CC(=O)N1CCCN(CC(N)=S)CC1. The number of rotatable bonds is 2. The normalized spacial score (nSPS) is 19.1. The van der Waals surface area contributed by atoms with Gasteiger partial charge in [-0.2, -0.15) is 0 Å². The molecule has 80 valence electrons. The van der Waals surface area contributed by atoms with Gasteiger partial charge in [-0.3, -0.25) is 9.69 Å². The number of nitrogens with two attached hydrogens (primary N) is 1. The molecule has 14 heavy (non-hydrogen) atoms. The molecule has 1 amide bonds. The average molecular weight is 215 g/mol. The number of amides is 1. The van der Waals surface area contributed by atoms with Crippen molar-refractivity contribution in [3.63, 3.8) is 0 Å². The number of nitrogens with zero attached hydrogens (tertiary/aromatic N) is 2. The van der Waals surface area contributed by atoms with Gasteiger partial charge in [0, 0.05) is 39.6 Å². The van der Waals surface area contributed by atoms with Crippen LogP contribution in [0.1, 0.15) is 13.3 Å². The Labute approximate surface area is 90.0 Å². The van der Waals surface area contributed by atoms with E-state index in [0.29, 0.717) is 11.5 Å². The van der Waals surface area contributed by atoms with Crippen LogP contribution in [0.2, 0.25) is 0 Å². The standard InChI is InChI=1S/C9H17N3OS/c1-8(13)12-4-2-3-11(5-6-12)7-9(10)14/h2-7H2,1H3,(H2,10,14). The van der Waals surface area contributed by atoms with Crippen molar-refractivity contribution >= 4 is 23.1 Å². The first kappa shape index (κ1) is 11.4. The molecule has 5 heteroatoms. The van der Waals surface area contributed by atoms with Gasteiger partial charge in [0.25, 0.3) is 0 Å². The molecule has 1 aliphatic rings. The topological polar surface area (TPSA) is 49.6 Å². The van der Waals surface area contributed by atoms with Crippen molar-refractivity contribution in [1.29, 1.82) is 0 Å². The van der Waals surface area contributed by atoms with E-state index in [0.717, 1.165) is 32.6 Å². The maximum Gasteiger partial charge on any atom is 0.219 e. The molecule has 1 saturated heterocycles. The van der Waals surface area contributed by atoms with Gasteiger partial charge in [0.1, 0.15) is 0 Å². The van der Waals surface area contributed by atoms with E-state index in [-0.39, 0.29) is 5.91 Å². The summed E-state index contributed by atoms with van der Waals surface area (Å²) >= 11 is 4.86.